The predicted molar refractivity (Wildman–Crippen MR) is 197 cm³/mol. The van der Waals surface area contributed by atoms with Gasteiger partial charge in [-0.3, -0.25) is 0 Å². The standard InChI is InChI=1S/C45H43N/c1-44(2,3)35-19-13-15-32(29-35)25-26-33-16-14-20-36(30-33)46(43-24-12-10-21-38(43)34-17-7-6-8-18-34)37-27-28-40-39-22-9-11-23-41(39)45(4,5)42(40)31-37/h6-24,27-31H,25-26H2,1-5H3. The molecule has 0 radical (unpaired) electrons. The maximum Gasteiger partial charge on any atom is 0.0540 e. The largest absolute Gasteiger partial charge is 0.310 e. The highest BCUT2D eigenvalue weighted by atomic mass is 15.1. The van der Waals surface area contributed by atoms with Gasteiger partial charge in [0.2, 0.25) is 0 Å². The van der Waals surface area contributed by atoms with Crippen LogP contribution in [0, 0.1) is 0 Å². The van der Waals surface area contributed by atoms with E-state index in [4.69, 9.17) is 0 Å². The minimum atomic E-state index is -0.0734. The molecule has 0 N–H and O–H groups in total. The summed E-state index contributed by atoms with van der Waals surface area (Å²) in [6.45, 7) is 11.6. The molecule has 0 aliphatic heterocycles. The van der Waals surface area contributed by atoms with Gasteiger partial charge in [-0.25, -0.2) is 0 Å². The monoisotopic (exact) mass is 597 g/mol. The van der Waals surface area contributed by atoms with Crippen molar-refractivity contribution in [2.75, 3.05) is 4.90 Å². The highest BCUT2D eigenvalue weighted by Crippen LogP contribution is 2.51. The second-order valence-corrected chi connectivity index (χ2v) is 14.2. The zero-order chi connectivity index (χ0) is 31.9. The van der Waals surface area contributed by atoms with E-state index in [1.165, 1.54) is 67.1 Å². The first-order chi connectivity index (χ1) is 22.2. The minimum Gasteiger partial charge on any atom is -0.310 e. The Kier molecular flexibility index (Phi) is 7.65. The van der Waals surface area contributed by atoms with Gasteiger partial charge < -0.3 is 4.90 Å². The third kappa shape index (κ3) is 5.56. The molecule has 228 valence electrons. The van der Waals surface area contributed by atoms with E-state index in [0.717, 1.165) is 12.8 Å². The van der Waals surface area contributed by atoms with Crippen LogP contribution in [0.15, 0.2) is 146 Å². The number of hydrogen-bond acceptors (Lipinski definition) is 1. The molecule has 0 amide bonds. The van der Waals surface area contributed by atoms with Gasteiger partial charge >= 0.3 is 0 Å². The van der Waals surface area contributed by atoms with Crippen molar-refractivity contribution in [2.24, 2.45) is 0 Å². The number of hydrogen-bond donors (Lipinski definition) is 0. The van der Waals surface area contributed by atoms with Crippen LogP contribution in [-0.2, 0) is 23.7 Å². The summed E-state index contributed by atoms with van der Waals surface area (Å²) in [6, 6.07) is 53.8. The number of anilines is 3. The number of para-hydroxylation sites is 1. The summed E-state index contributed by atoms with van der Waals surface area (Å²) in [5.41, 5.74) is 15.6. The van der Waals surface area contributed by atoms with Crippen LogP contribution in [0.1, 0.15) is 62.4 Å². The normalized spacial score (nSPS) is 13.2. The Morgan fingerprint density at radius 3 is 1.87 bits per heavy atom. The lowest BCUT2D eigenvalue weighted by atomic mass is 9.82. The average molecular weight is 598 g/mol. The smallest absolute Gasteiger partial charge is 0.0540 e. The van der Waals surface area contributed by atoms with E-state index in [9.17, 15) is 0 Å². The molecule has 0 saturated carbocycles. The molecule has 1 heteroatoms. The molecule has 7 rings (SSSR count). The van der Waals surface area contributed by atoms with Crippen LogP contribution in [-0.4, -0.2) is 0 Å². The lowest BCUT2D eigenvalue weighted by molar-refractivity contribution is 0.589. The van der Waals surface area contributed by atoms with Gasteiger partial charge in [0.25, 0.3) is 0 Å². The highest BCUT2D eigenvalue weighted by Gasteiger charge is 2.35. The van der Waals surface area contributed by atoms with Crippen molar-refractivity contribution in [1.82, 2.24) is 0 Å². The van der Waals surface area contributed by atoms with Gasteiger partial charge in [0.1, 0.15) is 0 Å². The summed E-state index contributed by atoms with van der Waals surface area (Å²) >= 11 is 0. The highest BCUT2D eigenvalue weighted by molar-refractivity contribution is 5.90. The van der Waals surface area contributed by atoms with Gasteiger partial charge in [-0.2, -0.15) is 0 Å². The molecule has 0 heterocycles. The molecule has 0 bridgehead atoms. The molecule has 0 saturated heterocycles. The molecule has 1 nitrogen and oxygen atoms in total. The maximum absolute atomic E-state index is 2.46. The number of nitrogens with zero attached hydrogens (tertiary/aromatic N) is 1. The zero-order valence-electron chi connectivity index (χ0n) is 27.7. The lowest BCUT2D eigenvalue weighted by Gasteiger charge is -2.30. The first kappa shape index (κ1) is 29.8. The molecule has 6 aromatic rings. The van der Waals surface area contributed by atoms with Crippen LogP contribution in [0.3, 0.4) is 0 Å². The van der Waals surface area contributed by atoms with Crippen LogP contribution in [0.2, 0.25) is 0 Å². The van der Waals surface area contributed by atoms with E-state index >= 15 is 0 Å². The fourth-order valence-corrected chi connectivity index (χ4v) is 7.12. The van der Waals surface area contributed by atoms with Crippen LogP contribution in [0.5, 0.6) is 0 Å². The van der Waals surface area contributed by atoms with Gasteiger partial charge in [0.15, 0.2) is 0 Å². The SMILES string of the molecule is CC(C)(C)c1cccc(CCc2cccc(N(c3ccc4c(c3)C(C)(C)c3ccccc3-4)c3ccccc3-c3ccccc3)c2)c1. The van der Waals surface area contributed by atoms with Crippen molar-refractivity contribution in [3.63, 3.8) is 0 Å². The fourth-order valence-electron chi connectivity index (χ4n) is 7.12. The molecule has 0 unspecified atom stereocenters. The summed E-state index contributed by atoms with van der Waals surface area (Å²) in [5.74, 6) is 0. The van der Waals surface area contributed by atoms with Crippen molar-refractivity contribution in [1.29, 1.82) is 0 Å². The molecule has 1 aliphatic carbocycles. The third-order valence-corrected chi connectivity index (χ3v) is 9.72. The number of fused-ring (bicyclic) bond motifs is 3. The summed E-state index contributed by atoms with van der Waals surface area (Å²) in [4.78, 5) is 2.46. The second kappa shape index (κ2) is 11.8. The Bertz CT molecular complexity index is 2010. The second-order valence-electron chi connectivity index (χ2n) is 14.2. The summed E-state index contributed by atoms with van der Waals surface area (Å²) < 4.78 is 0. The van der Waals surface area contributed by atoms with Gasteiger partial charge in [0, 0.05) is 22.4 Å². The van der Waals surface area contributed by atoms with Crippen molar-refractivity contribution < 1.29 is 0 Å². The Balaban J connectivity index is 1.32. The van der Waals surface area contributed by atoms with E-state index in [-0.39, 0.29) is 10.8 Å². The number of rotatable bonds is 7. The van der Waals surface area contributed by atoms with E-state index in [0.29, 0.717) is 0 Å². The number of aryl methyl sites for hydroxylation is 2. The molecule has 0 atom stereocenters. The Hall–Kier alpha value is -4.88. The Morgan fingerprint density at radius 1 is 0.500 bits per heavy atom. The summed E-state index contributed by atoms with van der Waals surface area (Å²) in [6.07, 6.45) is 2.00. The molecule has 0 fully saturated rings. The van der Waals surface area contributed by atoms with Crippen LogP contribution >= 0.6 is 0 Å². The average Bonchev–Trinajstić information content (AvgIpc) is 3.30. The van der Waals surface area contributed by atoms with Crippen molar-refractivity contribution in [3.8, 4) is 22.3 Å². The molecule has 0 aromatic heterocycles. The topological polar surface area (TPSA) is 3.24 Å². The fraction of sp³-hybridized carbons (Fsp3) is 0.200. The van der Waals surface area contributed by atoms with Crippen molar-refractivity contribution >= 4 is 17.1 Å². The van der Waals surface area contributed by atoms with Crippen LogP contribution < -0.4 is 4.90 Å². The molecular formula is C45H43N. The first-order valence-electron chi connectivity index (χ1n) is 16.6. The Labute approximate surface area is 275 Å². The molecular weight excluding hydrogens is 555 g/mol. The van der Waals surface area contributed by atoms with Crippen LogP contribution in [0.25, 0.3) is 22.3 Å². The van der Waals surface area contributed by atoms with Gasteiger partial charge in [0.05, 0.1) is 5.69 Å². The molecule has 0 spiro atoms. The maximum atomic E-state index is 2.46. The quantitative estimate of drug-likeness (QED) is 0.177. The lowest BCUT2D eigenvalue weighted by Crippen LogP contribution is -2.17. The van der Waals surface area contributed by atoms with E-state index < -0.39 is 0 Å². The van der Waals surface area contributed by atoms with Gasteiger partial charge in [-0.05, 0) is 93.1 Å². The predicted octanol–water partition coefficient (Wildman–Crippen LogP) is 12.2. The Morgan fingerprint density at radius 2 is 1.11 bits per heavy atom. The van der Waals surface area contributed by atoms with E-state index in [1.54, 1.807) is 0 Å². The molecule has 1 aliphatic rings. The summed E-state index contributed by atoms with van der Waals surface area (Å²) in [7, 11) is 0. The minimum absolute atomic E-state index is 0.0734. The summed E-state index contributed by atoms with van der Waals surface area (Å²) in [5, 5.41) is 0. The first-order valence-corrected chi connectivity index (χ1v) is 16.6. The van der Waals surface area contributed by atoms with Gasteiger partial charge in [-0.1, -0.05) is 150 Å². The van der Waals surface area contributed by atoms with Crippen molar-refractivity contribution in [2.45, 2.75) is 58.3 Å². The third-order valence-electron chi connectivity index (χ3n) is 9.72. The molecule has 46 heavy (non-hydrogen) atoms. The number of benzene rings is 6. The van der Waals surface area contributed by atoms with E-state index in [2.05, 4.69) is 185 Å². The van der Waals surface area contributed by atoms with Crippen LogP contribution in [0.4, 0.5) is 17.1 Å². The van der Waals surface area contributed by atoms with Gasteiger partial charge in [-0.15, -0.1) is 0 Å². The van der Waals surface area contributed by atoms with E-state index in [1.807, 2.05) is 0 Å². The molecule has 6 aromatic carbocycles. The zero-order valence-corrected chi connectivity index (χ0v) is 27.7. The van der Waals surface area contributed by atoms with Crippen molar-refractivity contribution in [3.05, 3.63) is 173 Å².